The molecule has 2 heteroatoms. The Bertz CT molecular complexity index is 3570. The topological polar surface area (TPSA) is 6.48 Å². The molecule has 0 aliphatic heterocycles. The van der Waals surface area contributed by atoms with Gasteiger partial charge in [0.25, 0.3) is 0 Å². The number of aryl methyl sites for hydroxylation is 2. The van der Waals surface area contributed by atoms with Crippen LogP contribution in [0.25, 0.3) is 55.6 Å². The summed E-state index contributed by atoms with van der Waals surface area (Å²) in [7, 11) is 0. The van der Waals surface area contributed by atoms with Gasteiger partial charge in [-0.3, -0.25) is 0 Å². The molecule has 2 nitrogen and oxygen atoms in total. The van der Waals surface area contributed by atoms with Crippen LogP contribution < -0.4 is 9.80 Å². The van der Waals surface area contributed by atoms with Gasteiger partial charge in [-0.05, 0) is 175 Å². The standard InChI is InChI=1S/C71H60N2/c1-45-27-41-63(72(51-33-29-49(30-34-51)47-19-11-9-12-20-47)53-37-39-57-55-23-15-17-25-59(55)69(3,4)61(57)43-53)67-65(45)66-46(2)28-42-64(68(66)71(67,7)8)73(52-35-31-50(32-36-52)48-21-13-10-14-22-48)54-38-40-58-56-24-16-18-26-60(56)70(5,6)62(58)44-54/h9-44H,1-8H3. The summed E-state index contributed by atoms with van der Waals surface area (Å²) in [6.45, 7) is 19.1. The van der Waals surface area contributed by atoms with Gasteiger partial charge in [-0.2, -0.15) is 0 Å². The minimum Gasteiger partial charge on any atom is -0.310 e. The number of fused-ring (bicyclic) bond motifs is 9. The van der Waals surface area contributed by atoms with E-state index in [-0.39, 0.29) is 10.8 Å². The minimum atomic E-state index is -0.434. The molecule has 354 valence electrons. The largest absolute Gasteiger partial charge is 0.310 e. The van der Waals surface area contributed by atoms with E-state index in [4.69, 9.17) is 0 Å². The number of rotatable bonds is 8. The molecule has 13 rings (SSSR count). The highest BCUT2D eigenvalue weighted by atomic mass is 15.2. The second kappa shape index (κ2) is 16.4. The molecule has 0 radical (unpaired) electrons. The van der Waals surface area contributed by atoms with Crippen molar-refractivity contribution < 1.29 is 0 Å². The molecule has 0 spiro atoms. The Balaban J connectivity index is 1.02. The third-order valence-corrected chi connectivity index (χ3v) is 16.9. The first kappa shape index (κ1) is 44.7. The lowest BCUT2D eigenvalue weighted by atomic mass is 9.79. The van der Waals surface area contributed by atoms with Gasteiger partial charge in [0, 0.05) is 39.0 Å². The normalized spacial score (nSPS) is 14.6. The van der Waals surface area contributed by atoms with Crippen molar-refractivity contribution in [1.82, 2.24) is 0 Å². The smallest absolute Gasteiger partial charge is 0.0508 e. The molecule has 0 heterocycles. The first-order valence-corrected chi connectivity index (χ1v) is 26.0. The first-order chi connectivity index (χ1) is 35.3. The molecule has 0 atom stereocenters. The molecule has 0 saturated heterocycles. The van der Waals surface area contributed by atoms with E-state index in [0.717, 1.165) is 22.7 Å². The van der Waals surface area contributed by atoms with Gasteiger partial charge in [-0.1, -0.05) is 199 Å². The van der Waals surface area contributed by atoms with Crippen molar-refractivity contribution >= 4 is 34.1 Å². The minimum absolute atomic E-state index is 0.153. The fourth-order valence-corrected chi connectivity index (χ4v) is 13.2. The van der Waals surface area contributed by atoms with Gasteiger partial charge in [-0.25, -0.2) is 0 Å². The molecular formula is C71H60N2. The summed E-state index contributed by atoms with van der Waals surface area (Å²) in [4.78, 5) is 5.10. The summed E-state index contributed by atoms with van der Waals surface area (Å²) < 4.78 is 0. The van der Waals surface area contributed by atoms with Crippen LogP contribution in [0.1, 0.15) is 86.1 Å². The van der Waals surface area contributed by atoms with E-state index in [2.05, 4.69) is 284 Å². The second-order valence-electron chi connectivity index (χ2n) is 22.2. The molecule has 3 aliphatic rings. The Labute approximate surface area is 431 Å². The van der Waals surface area contributed by atoms with Gasteiger partial charge in [0.1, 0.15) is 0 Å². The van der Waals surface area contributed by atoms with Gasteiger partial charge >= 0.3 is 0 Å². The van der Waals surface area contributed by atoms with Crippen LogP contribution in [-0.4, -0.2) is 0 Å². The molecule has 0 unspecified atom stereocenters. The van der Waals surface area contributed by atoms with Crippen molar-refractivity contribution in [3.8, 4) is 55.6 Å². The van der Waals surface area contributed by atoms with Gasteiger partial charge in [0.05, 0.1) is 11.4 Å². The molecule has 0 bridgehead atoms. The highest BCUT2D eigenvalue weighted by Crippen LogP contribution is 2.61. The predicted octanol–water partition coefficient (Wildman–Crippen LogP) is 19.5. The van der Waals surface area contributed by atoms with Crippen molar-refractivity contribution in [3.63, 3.8) is 0 Å². The number of benzene rings is 10. The van der Waals surface area contributed by atoms with Crippen LogP contribution in [0.3, 0.4) is 0 Å². The molecule has 0 saturated carbocycles. The van der Waals surface area contributed by atoms with E-state index in [1.165, 1.54) is 112 Å². The van der Waals surface area contributed by atoms with Crippen molar-refractivity contribution in [2.75, 3.05) is 9.80 Å². The highest BCUT2D eigenvalue weighted by molar-refractivity contribution is 5.99. The van der Waals surface area contributed by atoms with Gasteiger partial charge in [0.15, 0.2) is 0 Å². The maximum atomic E-state index is 2.55. The van der Waals surface area contributed by atoms with Crippen LogP contribution in [0.5, 0.6) is 0 Å². The average molecular weight is 941 g/mol. The number of nitrogens with zero attached hydrogens (tertiary/aromatic N) is 2. The van der Waals surface area contributed by atoms with Crippen molar-refractivity contribution in [2.24, 2.45) is 0 Å². The third-order valence-electron chi connectivity index (χ3n) is 16.9. The predicted molar refractivity (Wildman–Crippen MR) is 309 cm³/mol. The highest BCUT2D eigenvalue weighted by Gasteiger charge is 2.45. The zero-order chi connectivity index (χ0) is 50.0. The molecule has 0 aromatic heterocycles. The quantitative estimate of drug-likeness (QED) is 0.150. The Morgan fingerprint density at radius 2 is 0.603 bits per heavy atom. The van der Waals surface area contributed by atoms with E-state index in [9.17, 15) is 0 Å². The Morgan fingerprint density at radius 1 is 0.274 bits per heavy atom. The van der Waals surface area contributed by atoms with Gasteiger partial charge in [-0.15, -0.1) is 0 Å². The summed E-state index contributed by atoms with van der Waals surface area (Å²) in [5, 5.41) is 0. The number of anilines is 6. The zero-order valence-electron chi connectivity index (χ0n) is 43.2. The van der Waals surface area contributed by atoms with E-state index < -0.39 is 5.41 Å². The van der Waals surface area contributed by atoms with E-state index in [1.807, 2.05) is 0 Å². The lowest BCUT2D eigenvalue weighted by molar-refractivity contribution is 0.658. The third kappa shape index (κ3) is 6.76. The van der Waals surface area contributed by atoms with E-state index in [0.29, 0.717) is 0 Å². The lowest BCUT2D eigenvalue weighted by Gasteiger charge is -2.35. The molecule has 0 N–H and O–H groups in total. The fraction of sp³-hybridized carbons (Fsp3) is 0.155. The van der Waals surface area contributed by atoms with Crippen LogP contribution >= 0.6 is 0 Å². The maximum absolute atomic E-state index is 2.55. The Hall–Kier alpha value is -8.20. The number of hydrogen-bond acceptors (Lipinski definition) is 2. The Morgan fingerprint density at radius 3 is 1.00 bits per heavy atom. The van der Waals surface area contributed by atoms with Crippen LogP contribution in [-0.2, 0) is 16.2 Å². The summed E-state index contributed by atoms with van der Waals surface area (Å²) in [6.07, 6.45) is 0. The lowest BCUT2D eigenvalue weighted by Crippen LogP contribution is -2.24. The van der Waals surface area contributed by atoms with Crippen molar-refractivity contribution in [1.29, 1.82) is 0 Å². The molecule has 73 heavy (non-hydrogen) atoms. The SMILES string of the molecule is Cc1ccc(N(c2ccc(-c3ccccc3)cc2)c2ccc3c(c2)C(C)(C)c2ccccc2-3)c2c1-c1c(C)ccc(N(c3ccc(-c4ccccc4)cc3)c3ccc4c(c3)C(C)(C)c3ccccc3-4)c1C2(C)C. The van der Waals surface area contributed by atoms with E-state index >= 15 is 0 Å². The second-order valence-corrected chi connectivity index (χ2v) is 22.2. The zero-order valence-corrected chi connectivity index (χ0v) is 43.2. The van der Waals surface area contributed by atoms with Crippen LogP contribution in [0, 0.1) is 13.8 Å². The molecular weight excluding hydrogens is 881 g/mol. The summed E-state index contributed by atoms with van der Waals surface area (Å²) in [6, 6.07) is 81.8. The van der Waals surface area contributed by atoms with Crippen molar-refractivity contribution in [3.05, 3.63) is 263 Å². The van der Waals surface area contributed by atoms with Crippen LogP contribution in [0.4, 0.5) is 34.1 Å². The number of hydrogen-bond donors (Lipinski definition) is 0. The van der Waals surface area contributed by atoms with Crippen molar-refractivity contribution in [2.45, 2.75) is 71.6 Å². The maximum Gasteiger partial charge on any atom is 0.0508 e. The van der Waals surface area contributed by atoms with Crippen LogP contribution in [0.2, 0.25) is 0 Å². The van der Waals surface area contributed by atoms with E-state index in [1.54, 1.807) is 0 Å². The molecule has 10 aromatic carbocycles. The summed E-state index contributed by atoms with van der Waals surface area (Å²) >= 11 is 0. The summed E-state index contributed by atoms with van der Waals surface area (Å²) in [5.74, 6) is 0. The Kier molecular flexibility index (Phi) is 10.1. The van der Waals surface area contributed by atoms with Gasteiger partial charge < -0.3 is 9.80 Å². The molecule has 0 fully saturated rings. The first-order valence-electron chi connectivity index (χ1n) is 26.0. The monoisotopic (exact) mass is 940 g/mol. The summed E-state index contributed by atoms with van der Waals surface area (Å²) in [5.41, 5.74) is 29.8. The fourth-order valence-electron chi connectivity index (χ4n) is 13.2. The van der Waals surface area contributed by atoms with Gasteiger partial charge in [0.2, 0.25) is 0 Å². The van der Waals surface area contributed by atoms with Crippen LogP contribution in [0.15, 0.2) is 218 Å². The molecule has 0 amide bonds. The molecule has 10 aromatic rings. The average Bonchev–Trinajstić information content (AvgIpc) is 3.93. The molecule has 3 aliphatic carbocycles.